The summed E-state index contributed by atoms with van der Waals surface area (Å²) >= 11 is 0. The van der Waals surface area contributed by atoms with E-state index in [9.17, 15) is 14.4 Å². The molecule has 0 atom stereocenters. The van der Waals surface area contributed by atoms with Crippen LogP contribution in [0, 0.1) is 0 Å². The topological polar surface area (TPSA) is 92.5 Å². The Labute approximate surface area is 155 Å². The van der Waals surface area contributed by atoms with Crippen molar-refractivity contribution in [3.05, 3.63) is 89.5 Å². The highest BCUT2D eigenvalue weighted by atomic mass is 16.2. The molecule has 0 fully saturated rings. The van der Waals surface area contributed by atoms with Gasteiger partial charge in [-0.2, -0.15) is 0 Å². The number of hydrogen-bond acceptors (Lipinski definition) is 4. The highest BCUT2D eigenvalue weighted by Crippen LogP contribution is 2.29. The van der Waals surface area contributed by atoms with Crippen molar-refractivity contribution >= 4 is 34.8 Å². The largest absolute Gasteiger partial charge is 0.397 e. The van der Waals surface area contributed by atoms with Gasteiger partial charge in [0.1, 0.15) is 0 Å². The molecular formula is C21H15N3O3. The molecule has 0 unspecified atom stereocenters. The highest BCUT2D eigenvalue weighted by Gasteiger charge is 2.36. The van der Waals surface area contributed by atoms with Gasteiger partial charge in [0, 0.05) is 5.56 Å². The number of carbonyl (C=O) groups excluding carboxylic acids is 3. The van der Waals surface area contributed by atoms with Crippen LogP contribution in [0.2, 0.25) is 0 Å². The quantitative estimate of drug-likeness (QED) is 0.555. The molecule has 1 heterocycles. The van der Waals surface area contributed by atoms with Crippen LogP contribution >= 0.6 is 0 Å². The van der Waals surface area contributed by atoms with Gasteiger partial charge in [-0.1, -0.05) is 30.3 Å². The monoisotopic (exact) mass is 357 g/mol. The molecule has 0 aliphatic carbocycles. The van der Waals surface area contributed by atoms with Crippen LogP contribution in [0.5, 0.6) is 0 Å². The van der Waals surface area contributed by atoms with Gasteiger partial charge in [-0.25, -0.2) is 4.90 Å². The van der Waals surface area contributed by atoms with Crippen molar-refractivity contribution in [2.24, 2.45) is 0 Å². The lowest BCUT2D eigenvalue weighted by Gasteiger charge is -2.15. The Morgan fingerprint density at radius 1 is 0.815 bits per heavy atom. The summed E-state index contributed by atoms with van der Waals surface area (Å²) in [6.07, 6.45) is 0. The Morgan fingerprint density at radius 3 is 2.11 bits per heavy atom. The van der Waals surface area contributed by atoms with Crippen LogP contribution in [-0.4, -0.2) is 17.7 Å². The van der Waals surface area contributed by atoms with Gasteiger partial charge in [0.05, 0.1) is 28.2 Å². The molecule has 3 N–H and O–H groups in total. The fourth-order valence-electron chi connectivity index (χ4n) is 3.02. The van der Waals surface area contributed by atoms with E-state index in [2.05, 4.69) is 5.32 Å². The van der Waals surface area contributed by atoms with E-state index in [-0.39, 0.29) is 5.91 Å². The number of anilines is 3. The van der Waals surface area contributed by atoms with Gasteiger partial charge < -0.3 is 11.1 Å². The number of nitrogens with two attached hydrogens (primary N) is 1. The minimum atomic E-state index is -0.402. The van der Waals surface area contributed by atoms with Crippen molar-refractivity contribution in [2.75, 3.05) is 16.0 Å². The van der Waals surface area contributed by atoms with Crippen LogP contribution in [0.1, 0.15) is 31.1 Å². The second-order valence-electron chi connectivity index (χ2n) is 6.08. The van der Waals surface area contributed by atoms with Gasteiger partial charge in [0.25, 0.3) is 17.7 Å². The van der Waals surface area contributed by atoms with Crippen LogP contribution in [0.3, 0.4) is 0 Å². The third-order valence-corrected chi connectivity index (χ3v) is 4.37. The standard InChI is InChI=1S/C21H15N3O3/c22-17-10-3-4-11-18(17)23-19(25)13-6-5-7-14(12-13)24-20(26)15-8-1-2-9-16(15)21(24)27/h1-12H,22H2,(H,23,25). The van der Waals surface area contributed by atoms with Gasteiger partial charge in [0.2, 0.25) is 0 Å². The van der Waals surface area contributed by atoms with Crippen LogP contribution in [-0.2, 0) is 0 Å². The lowest BCUT2D eigenvalue weighted by molar-refractivity contribution is 0.0924. The van der Waals surface area contributed by atoms with Crippen molar-refractivity contribution in [3.8, 4) is 0 Å². The minimum absolute atomic E-state index is 0.312. The van der Waals surface area contributed by atoms with Crippen molar-refractivity contribution in [3.63, 3.8) is 0 Å². The number of amides is 3. The van der Waals surface area contributed by atoms with Crippen molar-refractivity contribution in [1.29, 1.82) is 0 Å². The zero-order valence-electron chi connectivity index (χ0n) is 14.2. The minimum Gasteiger partial charge on any atom is -0.397 e. The molecular weight excluding hydrogens is 342 g/mol. The summed E-state index contributed by atoms with van der Waals surface area (Å²) in [5.41, 5.74) is 8.16. The number of rotatable bonds is 3. The Kier molecular flexibility index (Phi) is 3.93. The molecule has 1 aliphatic heterocycles. The van der Waals surface area contributed by atoms with Crippen molar-refractivity contribution in [1.82, 2.24) is 0 Å². The third kappa shape index (κ3) is 2.83. The number of nitrogen functional groups attached to an aromatic ring is 1. The summed E-state index contributed by atoms with van der Waals surface area (Å²) in [6, 6.07) is 19.9. The first kappa shape index (κ1) is 16.5. The summed E-state index contributed by atoms with van der Waals surface area (Å²) in [5, 5.41) is 2.73. The van der Waals surface area contributed by atoms with Crippen LogP contribution in [0.4, 0.5) is 17.1 Å². The Bertz CT molecular complexity index is 1060. The molecule has 4 rings (SSSR count). The number of hydrogen-bond donors (Lipinski definition) is 2. The molecule has 0 saturated carbocycles. The number of carbonyl (C=O) groups is 3. The summed E-state index contributed by atoms with van der Waals surface area (Å²) in [5.74, 6) is -1.19. The van der Waals surface area contributed by atoms with Gasteiger partial charge in [-0.05, 0) is 42.5 Å². The Balaban J connectivity index is 1.64. The number of nitrogens with zero attached hydrogens (tertiary/aromatic N) is 1. The average molecular weight is 357 g/mol. The molecule has 6 heteroatoms. The maximum absolute atomic E-state index is 12.6. The molecule has 1 aliphatic rings. The molecule has 3 aromatic rings. The fraction of sp³-hybridized carbons (Fsp3) is 0. The zero-order valence-corrected chi connectivity index (χ0v) is 14.2. The Hall–Kier alpha value is -3.93. The Morgan fingerprint density at radius 2 is 1.44 bits per heavy atom. The lowest BCUT2D eigenvalue weighted by Crippen LogP contribution is -2.29. The van der Waals surface area contributed by atoms with Crippen molar-refractivity contribution < 1.29 is 14.4 Å². The number of para-hydroxylation sites is 2. The number of fused-ring (bicyclic) bond motifs is 1. The van der Waals surface area contributed by atoms with Gasteiger partial charge in [-0.15, -0.1) is 0 Å². The normalized spacial score (nSPS) is 12.8. The molecule has 0 bridgehead atoms. The van der Waals surface area contributed by atoms with Gasteiger partial charge >= 0.3 is 0 Å². The van der Waals surface area contributed by atoms with E-state index in [4.69, 9.17) is 5.73 Å². The third-order valence-electron chi connectivity index (χ3n) is 4.37. The van der Waals surface area contributed by atoms with Gasteiger partial charge in [-0.3, -0.25) is 14.4 Å². The number of imide groups is 1. The summed E-state index contributed by atoms with van der Waals surface area (Å²) < 4.78 is 0. The highest BCUT2D eigenvalue weighted by molar-refractivity contribution is 6.34. The van der Waals surface area contributed by atoms with E-state index in [1.54, 1.807) is 66.7 Å². The SMILES string of the molecule is Nc1ccccc1NC(=O)c1cccc(N2C(=O)c3ccccc3C2=O)c1. The predicted molar refractivity (Wildman–Crippen MR) is 103 cm³/mol. The van der Waals surface area contributed by atoms with E-state index in [1.807, 2.05) is 0 Å². The smallest absolute Gasteiger partial charge is 0.266 e. The summed E-state index contributed by atoms with van der Waals surface area (Å²) in [7, 11) is 0. The first-order valence-corrected chi connectivity index (χ1v) is 8.30. The number of nitrogens with one attached hydrogen (secondary N) is 1. The van der Waals surface area contributed by atoms with E-state index in [0.717, 1.165) is 4.90 Å². The van der Waals surface area contributed by atoms with Gasteiger partial charge in [0.15, 0.2) is 0 Å². The molecule has 0 aromatic heterocycles. The number of benzene rings is 3. The van der Waals surface area contributed by atoms with E-state index >= 15 is 0 Å². The molecule has 3 aromatic carbocycles. The maximum atomic E-state index is 12.6. The molecule has 6 nitrogen and oxygen atoms in total. The molecule has 27 heavy (non-hydrogen) atoms. The van der Waals surface area contributed by atoms with E-state index in [1.165, 1.54) is 6.07 Å². The summed E-state index contributed by atoms with van der Waals surface area (Å²) in [4.78, 5) is 38.9. The molecule has 0 spiro atoms. The second-order valence-corrected chi connectivity index (χ2v) is 6.08. The van der Waals surface area contributed by atoms with E-state index < -0.39 is 11.8 Å². The lowest BCUT2D eigenvalue weighted by atomic mass is 10.1. The van der Waals surface area contributed by atoms with Crippen molar-refractivity contribution in [2.45, 2.75) is 0 Å². The molecule has 3 amide bonds. The first-order valence-electron chi connectivity index (χ1n) is 8.30. The first-order chi connectivity index (χ1) is 13.1. The predicted octanol–water partition coefficient (Wildman–Crippen LogP) is 3.32. The molecule has 0 saturated heterocycles. The van der Waals surface area contributed by atoms with Crippen LogP contribution in [0.25, 0.3) is 0 Å². The van der Waals surface area contributed by atoms with E-state index in [0.29, 0.717) is 33.8 Å². The summed E-state index contributed by atoms with van der Waals surface area (Å²) in [6.45, 7) is 0. The van der Waals surface area contributed by atoms with Crippen LogP contribution < -0.4 is 16.0 Å². The maximum Gasteiger partial charge on any atom is 0.266 e. The zero-order chi connectivity index (χ0) is 19.0. The second kappa shape index (κ2) is 6.42. The molecule has 0 radical (unpaired) electrons. The fourth-order valence-corrected chi connectivity index (χ4v) is 3.02. The van der Waals surface area contributed by atoms with Crippen LogP contribution in [0.15, 0.2) is 72.8 Å². The average Bonchev–Trinajstić information content (AvgIpc) is 2.94. The molecule has 132 valence electrons.